The molecule has 23 heavy (non-hydrogen) atoms. The fourth-order valence-corrected chi connectivity index (χ4v) is 4.31. The Morgan fingerprint density at radius 2 is 1.39 bits per heavy atom. The monoisotopic (exact) mass is 330 g/mol. The highest BCUT2D eigenvalue weighted by Gasteiger charge is 2.43. The lowest BCUT2D eigenvalue weighted by Gasteiger charge is -2.25. The third kappa shape index (κ3) is 2.95. The SMILES string of the molecule is Cc1cc(C)c(C(=O)C(C)(C)S(=O)(=O)c2ccccc2)c(C)c1. The maximum Gasteiger partial charge on any atom is 0.190 e. The van der Waals surface area contributed by atoms with Crippen LogP contribution < -0.4 is 0 Å². The Balaban J connectivity index is 2.59. The van der Waals surface area contributed by atoms with Gasteiger partial charge in [-0.2, -0.15) is 0 Å². The van der Waals surface area contributed by atoms with Crippen molar-refractivity contribution in [3.8, 4) is 0 Å². The van der Waals surface area contributed by atoms with Crippen molar-refractivity contribution < 1.29 is 13.2 Å². The standard InChI is InChI=1S/C19H22O3S/c1-13-11-14(2)17(15(3)12-13)18(20)19(4,5)23(21,22)16-9-7-6-8-10-16/h6-12H,1-5H3. The van der Waals surface area contributed by atoms with Crippen molar-refractivity contribution in [1.82, 2.24) is 0 Å². The maximum atomic E-state index is 13.1. The van der Waals surface area contributed by atoms with Crippen molar-refractivity contribution in [3.05, 3.63) is 64.7 Å². The summed E-state index contributed by atoms with van der Waals surface area (Å²) in [5.74, 6) is -0.364. The van der Waals surface area contributed by atoms with Crippen LogP contribution in [0.15, 0.2) is 47.4 Å². The summed E-state index contributed by atoms with van der Waals surface area (Å²) in [5.41, 5.74) is 3.17. The summed E-state index contributed by atoms with van der Waals surface area (Å²) in [5, 5.41) is 0. The summed E-state index contributed by atoms with van der Waals surface area (Å²) in [6.07, 6.45) is 0. The molecular formula is C19H22O3S. The minimum absolute atomic E-state index is 0.167. The topological polar surface area (TPSA) is 51.2 Å². The summed E-state index contributed by atoms with van der Waals surface area (Å²) >= 11 is 0. The lowest BCUT2D eigenvalue weighted by atomic mass is 9.91. The summed E-state index contributed by atoms with van der Waals surface area (Å²) < 4.78 is 24.3. The van der Waals surface area contributed by atoms with Gasteiger partial charge >= 0.3 is 0 Å². The molecule has 0 spiro atoms. The number of benzene rings is 2. The molecule has 0 saturated heterocycles. The Hall–Kier alpha value is -1.94. The summed E-state index contributed by atoms with van der Waals surface area (Å²) in [7, 11) is -3.78. The first-order valence-electron chi connectivity index (χ1n) is 7.51. The van der Waals surface area contributed by atoms with Gasteiger partial charge in [0.15, 0.2) is 15.6 Å². The quantitative estimate of drug-likeness (QED) is 0.795. The van der Waals surface area contributed by atoms with Gasteiger partial charge in [-0.1, -0.05) is 35.9 Å². The molecule has 0 amide bonds. The molecule has 0 aromatic heterocycles. The third-order valence-corrected chi connectivity index (χ3v) is 6.60. The van der Waals surface area contributed by atoms with E-state index in [-0.39, 0.29) is 10.7 Å². The van der Waals surface area contributed by atoms with Gasteiger partial charge < -0.3 is 0 Å². The molecule has 4 heteroatoms. The van der Waals surface area contributed by atoms with Crippen LogP contribution in [-0.4, -0.2) is 18.9 Å². The van der Waals surface area contributed by atoms with E-state index in [1.54, 1.807) is 18.2 Å². The van der Waals surface area contributed by atoms with Crippen molar-refractivity contribution in [3.63, 3.8) is 0 Å². The van der Waals surface area contributed by atoms with Crippen LogP contribution in [-0.2, 0) is 9.84 Å². The minimum Gasteiger partial charge on any atom is -0.292 e. The van der Waals surface area contributed by atoms with Crippen LogP contribution in [0.3, 0.4) is 0 Å². The highest BCUT2D eigenvalue weighted by atomic mass is 32.2. The van der Waals surface area contributed by atoms with Gasteiger partial charge in [0, 0.05) is 5.56 Å². The van der Waals surface area contributed by atoms with Crippen molar-refractivity contribution in [2.75, 3.05) is 0 Å². The summed E-state index contributed by atoms with van der Waals surface area (Å²) in [4.78, 5) is 13.2. The molecule has 0 unspecified atom stereocenters. The molecule has 0 aliphatic heterocycles. The number of carbonyl (C=O) groups excluding carboxylic acids is 1. The third-order valence-electron chi connectivity index (χ3n) is 4.18. The highest BCUT2D eigenvalue weighted by Crippen LogP contribution is 2.31. The highest BCUT2D eigenvalue weighted by molar-refractivity contribution is 7.93. The van der Waals surface area contributed by atoms with Gasteiger partial charge in [-0.3, -0.25) is 4.79 Å². The molecule has 2 rings (SSSR count). The van der Waals surface area contributed by atoms with Crippen LogP contribution >= 0.6 is 0 Å². The molecule has 122 valence electrons. The van der Waals surface area contributed by atoms with Gasteiger partial charge in [0.25, 0.3) is 0 Å². The number of carbonyl (C=O) groups is 1. The van der Waals surface area contributed by atoms with Crippen LogP contribution in [0.2, 0.25) is 0 Å². The Labute approximate surface area is 138 Å². The molecule has 0 aliphatic carbocycles. The van der Waals surface area contributed by atoms with E-state index in [4.69, 9.17) is 0 Å². The van der Waals surface area contributed by atoms with Crippen LogP contribution in [0.1, 0.15) is 40.9 Å². The Kier molecular flexibility index (Phi) is 4.49. The van der Waals surface area contributed by atoms with E-state index in [9.17, 15) is 13.2 Å². The number of aryl methyl sites for hydroxylation is 3. The molecule has 0 fully saturated rings. The first-order chi connectivity index (χ1) is 10.6. The van der Waals surface area contributed by atoms with Gasteiger partial charge in [-0.05, 0) is 57.9 Å². The van der Waals surface area contributed by atoms with E-state index in [2.05, 4.69) is 0 Å². The van der Waals surface area contributed by atoms with E-state index in [0.717, 1.165) is 16.7 Å². The predicted molar refractivity (Wildman–Crippen MR) is 92.7 cm³/mol. The molecule has 0 radical (unpaired) electrons. The maximum absolute atomic E-state index is 13.1. The smallest absolute Gasteiger partial charge is 0.190 e. The van der Waals surface area contributed by atoms with Crippen LogP contribution in [0.4, 0.5) is 0 Å². The second kappa shape index (κ2) is 5.93. The number of hydrogen-bond acceptors (Lipinski definition) is 3. The molecule has 0 heterocycles. The average molecular weight is 330 g/mol. The summed E-state index contributed by atoms with van der Waals surface area (Å²) in [6.45, 7) is 8.61. The Morgan fingerprint density at radius 3 is 1.87 bits per heavy atom. The average Bonchev–Trinajstić information content (AvgIpc) is 2.46. The van der Waals surface area contributed by atoms with Gasteiger partial charge in [-0.25, -0.2) is 8.42 Å². The van der Waals surface area contributed by atoms with Crippen molar-refractivity contribution in [1.29, 1.82) is 0 Å². The molecule has 0 saturated carbocycles. The fraction of sp³-hybridized carbons (Fsp3) is 0.316. The zero-order valence-corrected chi connectivity index (χ0v) is 15.0. The van der Waals surface area contributed by atoms with Crippen molar-refractivity contribution in [2.24, 2.45) is 0 Å². The van der Waals surface area contributed by atoms with E-state index < -0.39 is 14.6 Å². The molecular weight excluding hydrogens is 308 g/mol. The van der Waals surface area contributed by atoms with Gasteiger partial charge in [0.2, 0.25) is 0 Å². The second-order valence-corrected chi connectivity index (χ2v) is 8.93. The molecule has 0 bridgehead atoms. The lowest BCUT2D eigenvalue weighted by molar-refractivity contribution is 0.0952. The van der Waals surface area contributed by atoms with Crippen molar-refractivity contribution in [2.45, 2.75) is 44.3 Å². The van der Waals surface area contributed by atoms with Gasteiger partial charge in [-0.15, -0.1) is 0 Å². The second-order valence-electron chi connectivity index (χ2n) is 6.43. The number of hydrogen-bond donors (Lipinski definition) is 0. The first-order valence-corrected chi connectivity index (χ1v) is 8.99. The normalized spacial score (nSPS) is 12.2. The van der Waals surface area contributed by atoms with Crippen LogP contribution in [0.25, 0.3) is 0 Å². The van der Waals surface area contributed by atoms with Gasteiger partial charge in [0.05, 0.1) is 4.90 Å². The number of Topliss-reactive ketones (excluding diaryl/α,β-unsaturated/α-hetero) is 1. The minimum atomic E-state index is -3.78. The zero-order chi connectivity index (χ0) is 17.4. The molecule has 2 aromatic carbocycles. The molecule has 0 N–H and O–H groups in total. The van der Waals surface area contributed by atoms with Gasteiger partial charge in [0.1, 0.15) is 4.75 Å². The largest absolute Gasteiger partial charge is 0.292 e. The molecule has 0 atom stereocenters. The van der Waals surface area contributed by atoms with Crippen LogP contribution in [0.5, 0.6) is 0 Å². The number of ketones is 1. The predicted octanol–water partition coefficient (Wildman–Crippen LogP) is 4.05. The zero-order valence-electron chi connectivity index (χ0n) is 14.2. The Morgan fingerprint density at radius 1 is 0.913 bits per heavy atom. The summed E-state index contributed by atoms with van der Waals surface area (Å²) in [6, 6.07) is 11.9. The lowest BCUT2D eigenvalue weighted by Crippen LogP contribution is -2.41. The Bertz CT molecular complexity index is 824. The first kappa shape index (κ1) is 17.4. The number of rotatable bonds is 4. The van der Waals surface area contributed by atoms with Crippen LogP contribution in [0, 0.1) is 20.8 Å². The van der Waals surface area contributed by atoms with Crippen molar-refractivity contribution >= 4 is 15.6 Å². The molecule has 2 aromatic rings. The molecule has 0 aliphatic rings. The van der Waals surface area contributed by atoms with E-state index in [0.29, 0.717) is 5.56 Å². The fourth-order valence-electron chi connectivity index (χ4n) is 2.86. The van der Waals surface area contributed by atoms with E-state index in [1.807, 2.05) is 32.9 Å². The van der Waals surface area contributed by atoms with E-state index in [1.165, 1.54) is 26.0 Å². The number of sulfone groups is 1. The van der Waals surface area contributed by atoms with E-state index >= 15 is 0 Å². The molecule has 3 nitrogen and oxygen atoms in total.